The fraction of sp³-hybridized carbons (Fsp3) is 0.125. The SMILES string of the molecule is CCOc1cc(C#N)ccc1OS(=O)(=O)c1ccc(C#N)c(Cl)c1. The Balaban J connectivity index is 2.41. The summed E-state index contributed by atoms with van der Waals surface area (Å²) in [4.78, 5) is -0.196. The summed E-state index contributed by atoms with van der Waals surface area (Å²) in [6.07, 6.45) is 0. The molecule has 2 aromatic rings. The van der Waals surface area contributed by atoms with Crippen molar-refractivity contribution in [3.05, 3.63) is 52.5 Å². The van der Waals surface area contributed by atoms with E-state index in [4.69, 9.17) is 31.0 Å². The van der Waals surface area contributed by atoms with Gasteiger partial charge in [-0.3, -0.25) is 0 Å². The lowest BCUT2D eigenvalue weighted by atomic mass is 10.2. The summed E-state index contributed by atoms with van der Waals surface area (Å²) < 4.78 is 35.2. The lowest BCUT2D eigenvalue weighted by molar-refractivity contribution is 0.327. The van der Waals surface area contributed by atoms with Gasteiger partial charge in [-0.15, -0.1) is 0 Å². The maximum absolute atomic E-state index is 12.4. The molecule has 0 aliphatic heterocycles. The third-order valence-corrected chi connectivity index (χ3v) is 4.46. The van der Waals surface area contributed by atoms with E-state index in [0.717, 1.165) is 6.07 Å². The third kappa shape index (κ3) is 3.77. The van der Waals surface area contributed by atoms with Gasteiger partial charge in [0.2, 0.25) is 0 Å². The first-order valence-corrected chi connectivity index (χ1v) is 8.51. The molecular formula is C16H11ClN2O4S. The van der Waals surface area contributed by atoms with Crippen LogP contribution in [0.3, 0.4) is 0 Å². The normalized spacial score (nSPS) is 10.5. The molecule has 0 spiro atoms. The number of nitriles is 2. The van der Waals surface area contributed by atoms with Gasteiger partial charge in [0, 0.05) is 6.07 Å². The zero-order chi connectivity index (χ0) is 17.7. The molecule has 0 aromatic heterocycles. The molecule has 0 unspecified atom stereocenters. The lowest BCUT2D eigenvalue weighted by Gasteiger charge is -2.12. The van der Waals surface area contributed by atoms with E-state index in [1.165, 1.54) is 30.3 Å². The number of benzene rings is 2. The number of ether oxygens (including phenoxy) is 1. The van der Waals surface area contributed by atoms with Gasteiger partial charge in [-0.25, -0.2) is 0 Å². The minimum Gasteiger partial charge on any atom is -0.490 e. The van der Waals surface area contributed by atoms with Crippen LogP contribution < -0.4 is 8.92 Å². The summed E-state index contributed by atoms with van der Waals surface area (Å²) in [5.74, 6) is 0.0937. The zero-order valence-electron chi connectivity index (χ0n) is 12.5. The summed E-state index contributed by atoms with van der Waals surface area (Å²) in [6, 6.07) is 11.6. The summed E-state index contributed by atoms with van der Waals surface area (Å²) in [6.45, 7) is 1.99. The minimum absolute atomic E-state index is 0.00651. The van der Waals surface area contributed by atoms with Crippen molar-refractivity contribution in [1.29, 1.82) is 10.5 Å². The molecule has 0 heterocycles. The van der Waals surface area contributed by atoms with E-state index in [0.29, 0.717) is 5.56 Å². The van der Waals surface area contributed by atoms with Gasteiger partial charge in [-0.2, -0.15) is 18.9 Å². The lowest BCUT2D eigenvalue weighted by Crippen LogP contribution is -2.11. The van der Waals surface area contributed by atoms with Crippen LogP contribution >= 0.6 is 11.6 Å². The van der Waals surface area contributed by atoms with E-state index in [1.54, 1.807) is 6.92 Å². The predicted molar refractivity (Wildman–Crippen MR) is 86.3 cm³/mol. The zero-order valence-corrected chi connectivity index (χ0v) is 14.1. The highest BCUT2D eigenvalue weighted by atomic mass is 35.5. The Morgan fingerprint density at radius 1 is 1.08 bits per heavy atom. The quantitative estimate of drug-likeness (QED) is 0.757. The van der Waals surface area contributed by atoms with Crippen molar-refractivity contribution in [2.24, 2.45) is 0 Å². The molecule has 0 N–H and O–H groups in total. The summed E-state index contributed by atoms with van der Waals surface area (Å²) >= 11 is 5.86. The average molecular weight is 363 g/mol. The van der Waals surface area contributed by atoms with Gasteiger partial charge >= 0.3 is 10.1 Å². The fourth-order valence-corrected chi connectivity index (χ4v) is 3.08. The standard InChI is InChI=1S/C16H11ClN2O4S/c1-2-22-16-7-11(9-18)3-6-15(16)23-24(20,21)13-5-4-12(10-19)14(17)8-13/h3-8H,2H2,1H3. The molecule has 6 nitrogen and oxygen atoms in total. The molecule has 0 atom stereocenters. The van der Waals surface area contributed by atoms with Crippen molar-refractivity contribution in [3.8, 4) is 23.6 Å². The van der Waals surface area contributed by atoms with E-state index in [9.17, 15) is 8.42 Å². The number of hydrogen-bond donors (Lipinski definition) is 0. The van der Waals surface area contributed by atoms with Crippen molar-refractivity contribution in [2.45, 2.75) is 11.8 Å². The number of rotatable bonds is 5. The highest BCUT2D eigenvalue weighted by Gasteiger charge is 2.20. The molecule has 0 bridgehead atoms. The van der Waals surface area contributed by atoms with Gasteiger partial charge in [0.1, 0.15) is 11.0 Å². The molecule has 0 aliphatic carbocycles. The van der Waals surface area contributed by atoms with Crippen LogP contribution in [-0.4, -0.2) is 15.0 Å². The molecule has 0 amide bonds. The van der Waals surface area contributed by atoms with Crippen molar-refractivity contribution >= 4 is 21.7 Å². The van der Waals surface area contributed by atoms with E-state index >= 15 is 0 Å². The first-order chi connectivity index (χ1) is 11.4. The number of nitrogens with zero attached hydrogens (tertiary/aromatic N) is 2. The average Bonchev–Trinajstić information content (AvgIpc) is 2.56. The van der Waals surface area contributed by atoms with Crippen molar-refractivity contribution in [3.63, 3.8) is 0 Å². The van der Waals surface area contributed by atoms with Crippen LogP contribution in [0.5, 0.6) is 11.5 Å². The van der Waals surface area contributed by atoms with E-state index in [2.05, 4.69) is 0 Å². The van der Waals surface area contributed by atoms with Crippen LogP contribution in [0, 0.1) is 22.7 Å². The van der Waals surface area contributed by atoms with Crippen LogP contribution in [0.1, 0.15) is 18.1 Å². The largest absolute Gasteiger partial charge is 0.490 e. The first kappa shape index (κ1) is 17.6. The van der Waals surface area contributed by atoms with Crippen LogP contribution in [0.4, 0.5) is 0 Å². The third-order valence-electron chi connectivity index (χ3n) is 2.92. The Labute approximate surface area is 144 Å². The topological polar surface area (TPSA) is 100 Å². The smallest absolute Gasteiger partial charge is 0.339 e. The van der Waals surface area contributed by atoms with Crippen molar-refractivity contribution in [2.75, 3.05) is 6.61 Å². The Morgan fingerprint density at radius 2 is 1.83 bits per heavy atom. The molecule has 0 fully saturated rings. The monoisotopic (exact) mass is 362 g/mol. The fourth-order valence-electron chi connectivity index (χ4n) is 1.82. The Morgan fingerprint density at radius 3 is 2.42 bits per heavy atom. The van der Waals surface area contributed by atoms with Crippen LogP contribution in [0.15, 0.2) is 41.3 Å². The molecule has 0 aliphatic rings. The second-order valence-corrected chi connectivity index (χ2v) is 6.45. The Bertz CT molecular complexity index is 959. The molecule has 8 heteroatoms. The number of halogens is 1. The van der Waals surface area contributed by atoms with E-state index in [-0.39, 0.29) is 33.6 Å². The first-order valence-electron chi connectivity index (χ1n) is 6.72. The van der Waals surface area contributed by atoms with Crippen molar-refractivity contribution < 1.29 is 17.3 Å². The molecule has 0 saturated heterocycles. The van der Waals surface area contributed by atoms with Crippen LogP contribution in [0.2, 0.25) is 5.02 Å². The maximum Gasteiger partial charge on any atom is 0.339 e. The van der Waals surface area contributed by atoms with E-state index < -0.39 is 10.1 Å². The predicted octanol–water partition coefficient (Wildman–Crippen LogP) is 3.25. The molecule has 122 valence electrons. The Kier molecular flexibility index (Phi) is 5.30. The minimum atomic E-state index is -4.18. The summed E-state index contributed by atoms with van der Waals surface area (Å²) in [7, 11) is -4.18. The van der Waals surface area contributed by atoms with Gasteiger partial charge in [0.15, 0.2) is 11.5 Å². The number of hydrogen-bond acceptors (Lipinski definition) is 6. The summed E-state index contributed by atoms with van der Waals surface area (Å²) in [5, 5.41) is 17.7. The Hall–Kier alpha value is -2.74. The maximum atomic E-state index is 12.4. The molecule has 2 rings (SSSR count). The van der Waals surface area contributed by atoms with Gasteiger partial charge < -0.3 is 8.92 Å². The van der Waals surface area contributed by atoms with Crippen molar-refractivity contribution in [1.82, 2.24) is 0 Å². The van der Waals surface area contributed by atoms with Gasteiger partial charge in [-0.1, -0.05) is 11.6 Å². The van der Waals surface area contributed by atoms with Crippen LogP contribution in [0.25, 0.3) is 0 Å². The molecular weight excluding hydrogens is 352 g/mol. The summed E-state index contributed by atoms with van der Waals surface area (Å²) in [5.41, 5.74) is 0.466. The molecule has 24 heavy (non-hydrogen) atoms. The van der Waals surface area contributed by atoms with Gasteiger partial charge in [0.25, 0.3) is 0 Å². The molecule has 0 radical (unpaired) electrons. The van der Waals surface area contributed by atoms with Gasteiger partial charge in [0.05, 0.1) is 28.8 Å². The van der Waals surface area contributed by atoms with Gasteiger partial charge in [-0.05, 0) is 37.3 Å². The highest BCUT2D eigenvalue weighted by molar-refractivity contribution is 7.87. The molecule has 0 saturated carbocycles. The second kappa shape index (κ2) is 7.22. The van der Waals surface area contributed by atoms with E-state index in [1.807, 2.05) is 12.1 Å². The second-order valence-electron chi connectivity index (χ2n) is 4.50. The van der Waals surface area contributed by atoms with Crippen LogP contribution in [-0.2, 0) is 10.1 Å². The molecule has 2 aromatic carbocycles. The highest BCUT2D eigenvalue weighted by Crippen LogP contribution is 2.31.